The molecule has 0 spiro atoms. The van der Waals surface area contributed by atoms with Gasteiger partial charge in [0, 0.05) is 25.2 Å². The van der Waals surface area contributed by atoms with Crippen LogP contribution in [0.15, 0.2) is 47.3 Å². The summed E-state index contributed by atoms with van der Waals surface area (Å²) in [6, 6.07) is 13.3. The number of benzene rings is 1. The lowest BCUT2D eigenvalue weighted by atomic mass is 10.2. The maximum atomic E-state index is 12.9. The Balaban J connectivity index is 1.81. The summed E-state index contributed by atoms with van der Waals surface area (Å²) in [6.07, 6.45) is 3.93. The van der Waals surface area contributed by atoms with Crippen LogP contribution >= 0.6 is 0 Å². The van der Waals surface area contributed by atoms with Gasteiger partial charge in [0.25, 0.3) is 11.5 Å². The molecule has 1 aliphatic carbocycles. The van der Waals surface area contributed by atoms with Gasteiger partial charge >= 0.3 is 0 Å². The second-order valence-electron chi connectivity index (χ2n) is 6.28. The molecule has 0 atom stereocenters. The maximum absolute atomic E-state index is 12.9. The molecule has 0 N–H and O–H groups in total. The zero-order valence-corrected chi connectivity index (χ0v) is 14.0. The molecule has 1 amide bonds. The third-order valence-electron chi connectivity index (χ3n) is 4.25. The van der Waals surface area contributed by atoms with E-state index in [1.165, 1.54) is 10.7 Å². The summed E-state index contributed by atoms with van der Waals surface area (Å²) in [7, 11) is 0. The quantitative estimate of drug-likeness (QED) is 0.786. The number of aryl methyl sites for hydroxylation is 1. The second-order valence-corrected chi connectivity index (χ2v) is 6.28. The Bertz CT molecular complexity index is 751. The number of nitrogens with zero attached hydrogens (tertiary/aromatic N) is 3. The standard InChI is InChI=1S/C19H23N3O2/c1-2-3-13-22-18(23)12-11-17(20-22)19(24)21(16-9-10-16)14-15-7-5-4-6-8-15/h4-8,11-12,16H,2-3,9-10,13-14H2,1H3. The van der Waals surface area contributed by atoms with Crippen LogP contribution in [0.4, 0.5) is 0 Å². The van der Waals surface area contributed by atoms with Crippen LogP contribution in [0.25, 0.3) is 0 Å². The molecule has 5 heteroatoms. The van der Waals surface area contributed by atoms with Crippen LogP contribution < -0.4 is 5.56 Å². The van der Waals surface area contributed by atoms with Crippen molar-refractivity contribution in [3.63, 3.8) is 0 Å². The molecule has 1 aromatic heterocycles. The third kappa shape index (κ3) is 3.91. The minimum absolute atomic E-state index is 0.0911. The highest BCUT2D eigenvalue weighted by Crippen LogP contribution is 2.29. The molecule has 1 heterocycles. The molecule has 0 saturated heterocycles. The van der Waals surface area contributed by atoms with Gasteiger partial charge in [0.05, 0.1) is 0 Å². The number of rotatable bonds is 7. The Hall–Kier alpha value is -2.43. The fourth-order valence-electron chi connectivity index (χ4n) is 2.71. The van der Waals surface area contributed by atoms with E-state index < -0.39 is 0 Å². The van der Waals surface area contributed by atoms with Crippen LogP contribution in [-0.4, -0.2) is 26.6 Å². The predicted molar refractivity (Wildman–Crippen MR) is 92.7 cm³/mol. The first kappa shape index (κ1) is 16.4. The van der Waals surface area contributed by atoms with E-state index >= 15 is 0 Å². The molecule has 3 rings (SSSR count). The molecule has 1 aromatic carbocycles. The maximum Gasteiger partial charge on any atom is 0.274 e. The Morgan fingerprint density at radius 3 is 2.62 bits per heavy atom. The normalized spacial score (nSPS) is 13.7. The summed E-state index contributed by atoms with van der Waals surface area (Å²) in [4.78, 5) is 26.7. The predicted octanol–water partition coefficient (Wildman–Crippen LogP) is 2.85. The first-order valence-electron chi connectivity index (χ1n) is 8.62. The molecular weight excluding hydrogens is 302 g/mol. The number of unbranched alkanes of at least 4 members (excludes halogenated alkanes) is 1. The van der Waals surface area contributed by atoms with E-state index in [0.717, 1.165) is 31.2 Å². The SMILES string of the molecule is CCCCn1nc(C(=O)N(Cc2ccccc2)C2CC2)ccc1=O. The Morgan fingerprint density at radius 2 is 1.96 bits per heavy atom. The molecule has 0 bridgehead atoms. The summed E-state index contributed by atoms with van der Waals surface area (Å²) in [5.41, 5.74) is 1.31. The Kier molecular flexibility index (Phi) is 5.08. The largest absolute Gasteiger partial charge is 0.330 e. The number of hydrogen-bond donors (Lipinski definition) is 0. The van der Waals surface area contributed by atoms with Crippen molar-refractivity contribution in [3.05, 3.63) is 64.1 Å². The molecule has 0 aliphatic heterocycles. The van der Waals surface area contributed by atoms with Crippen molar-refractivity contribution in [2.45, 2.75) is 51.7 Å². The first-order valence-corrected chi connectivity index (χ1v) is 8.62. The summed E-state index contributed by atoms with van der Waals surface area (Å²) < 4.78 is 1.41. The smallest absolute Gasteiger partial charge is 0.274 e. The highest BCUT2D eigenvalue weighted by Gasteiger charge is 2.33. The molecule has 0 radical (unpaired) electrons. The second kappa shape index (κ2) is 7.43. The van der Waals surface area contributed by atoms with Crippen LogP contribution in [0, 0.1) is 0 Å². The van der Waals surface area contributed by atoms with Crippen molar-refractivity contribution in [3.8, 4) is 0 Å². The average molecular weight is 325 g/mol. The van der Waals surface area contributed by atoms with Crippen molar-refractivity contribution >= 4 is 5.91 Å². The van der Waals surface area contributed by atoms with Crippen LogP contribution in [0.5, 0.6) is 0 Å². The topological polar surface area (TPSA) is 55.2 Å². The van der Waals surface area contributed by atoms with E-state index in [9.17, 15) is 9.59 Å². The van der Waals surface area contributed by atoms with Crippen LogP contribution in [0.1, 0.15) is 48.7 Å². The third-order valence-corrected chi connectivity index (χ3v) is 4.25. The summed E-state index contributed by atoms with van der Waals surface area (Å²) in [5.74, 6) is -0.0911. The molecule has 2 aromatic rings. The highest BCUT2D eigenvalue weighted by molar-refractivity contribution is 5.92. The van der Waals surface area contributed by atoms with Gasteiger partial charge in [-0.05, 0) is 30.9 Å². The van der Waals surface area contributed by atoms with Gasteiger partial charge in [-0.15, -0.1) is 0 Å². The van der Waals surface area contributed by atoms with E-state index in [4.69, 9.17) is 0 Å². The van der Waals surface area contributed by atoms with Gasteiger partial charge < -0.3 is 4.90 Å². The van der Waals surface area contributed by atoms with Crippen molar-refractivity contribution in [2.75, 3.05) is 0 Å². The highest BCUT2D eigenvalue weighted by atomic mass is 16.2. The average Bonchev–Trinajstić information content (AvgIpc) is 3.44. The van der Waals surface area contributed by atoms with Gasteiger partial charge in [0.15, 0.2) is 0 Å². The van der Waals surface area contributed by atoms with E-state index in [1.54, 1.807) is 6.07 Å². The Labute approximate surface area is 141 Å². The summed E-state index contributed by atoms with van der Waals surface area (Å²) in [5, 5.41) is 4.30. The fourth-order valence-corrected chi connectivity index (χ4v) is 2.71. The lowest BCUT2D eigenvalue weighted by Crippen LogP contribution is -2.35. The van der Waals surface area contributed by atoms with Gasteiger partial charge in [-0.2, -0.15) is 5.10 Å². The minimum atomic E-state index is -0.152. The zero-order chi connectivity index (χ0) is 16.9. The summed E-state index contributed by atoms with van der Waals surface area (Å²) in [6.45, 7) is 3.20. The number of hydrogen-bond acceptors (Lipinski definition) is 3. The van der Waals surface area contributed by atoms with Crippen molar-refractivity contribution in [1.29, 1.82) is 0 Å². The molecule has 0 unspecified atom stereocenters. The number of carbonyl (C=O) groups is 1. The molecule has 126 valence electrons. The molecule has 24 heavy (non-hydrogen) atoms. The van der Waals surface area contributed by atoms with Crippen molar-refractivity contribution in [1.82, 2.24) is 14.7 Å². The van der Waals surface area contributed by atoms with Gasteiger partial charge in [-0.25, -0.2) is 4.68 Å². The van der Waals surface area contributed by atoms with Gasteiger partial charge in [-0.1, -0.05) is 43.7 Å². The zero-order valence-electron chi connectivity index (χ0n) is 14.0. The number of aromatic nitrogens is 2. The molecule has 5 nitrogen and oxygen atoms in total. The monoisotopic (exact) mass is 325 g/mol. The van der Waals surface area contributed by atoms with E-state index in [2.05, 4.69) is 12.0 Å². The molecule has 1 fully saturated rings. The molecular formula is C19H23N3O2. The first-order chi connectivity index (χ1) is 11.7. The van der Waals surface area contributed by atoms with Crippen LogP contribution in [0.3, 0.4) is 0 Å². The van der Waals surface area contributed by atoms with Gasteiger partial charge in [-0.3, -0.25) is 9.59 Å². The van der Waals surface area contributed by atoms with Crippen LogP contribution in [-0.2, 0) is 13.1 Å². The van der Waals surface area contributed by atoms with Crippen LogP contribution in [0.2, 0.25) is 0 Å². The van der Waals surface area contributed by atoms with Gasteiger partial charge in [0.2, 0.25) is 0 Å². The van der Waals surface area contributed by atoms with E-state index in [-0.39, 0.29) is 17.5 Å². The van der Waals surface area contributed by atoms with Crippen molar-refractivity contribution in [2.24, 2.45) is 0 Å². The van der Waals surface area contributed by atoms with E-state index in [0.29, 0.717) is 18.8 Å². The number of amides is 1. The molecule has 1 saturated carbocycles. The minimum Gasteiger partial charge on any atom is -0.330 e. The summed E-state index contributed by atoms with van der Waals surface area (Å²) >= 11 is 0. The van der Waals surface area contributed by atoms with E-state index in [1.807, 2.05) is 35.2 Å². The molecule has 1 aliphatic rings. The van der Waals surface area contributed by atoms with Gasteiger partial charge in [0.1, 0.15) is 5.69 Å². The number of carbonyl (C=O) groups excluding carboxylic acids is 1. The fraction of sp³-hybridized carbons (Fsp3) is 0.421. The lowest BCUT2D eigenvalue weighted by Gasteiger charge is -2.22. The van der Waals surface area contributed by atoms with Crippen molar-refractivity contribution < 1.29 is 4.79 Å². The lowest BCUT2D eigenvalue weighted by molar-refractivity contribution is 0.0721. The Morgan fingerprint density at radius 1 is 1.21 bits per heavy atom.